The van der Waals surface area contributed by atoms with Gasteiger partial charge in [-0.3, -0.25) is 4.79 Å². The van der Waals surface area contributed by atoms with Crippen molar-refractivity contribution in [2.24, 2.45) is 0 Å². The average molecular weight is 354 g/mol. The predicted octanol–water partition coefficient (Wildman–Crippen LogP) is 3.32. The monoisotopic (exact) mass is 354 g/mol. The van der Waals surface area contributed by atoms with E-state index in [1.165, 1.54) is 17.4 Å². The summed E-state index contributed by atoms with van der Waals surface area (Å²) in [6.45, 7) is 0. The van der Waals surface area contributed by atoms with Crippen molar-refractivity contribution in [1.82, 2.24) is 4.72 Å². The number of nitrogens with one attached hydrogen (secondary N) is 2. The maximum Gasteiger partial charge on any atom is 0.280 e. The molecular formula is C14H14N2O3S3. The van der Waals surface area contributed by atoms with Crippen LogP contribution in [0.4, 0.5) is 10.5 Å². The van der Waals surface area contributed by atoms with Crippen LogP contribution in [0.25, 0.3) is 11.1 Å². The lowest BCUT2D eigenvalue weighted by Crippen LogP contribution is -2.25. The van der Waals surface area contributed by atoms with Crippen LogP contribution in [0.2, 0.25) is 0 Å². The van der Waals surface area contributed by atoms with E-state index in [2.05, 4.69) is 22.7 Å². The molecule has 8 heteroatoms. The Morgan fingerprint density at radius 2 is 2.05 bits per heavy atom. The van der Waals surface area contributed by atoms with Crippen LogP contribution >= 0.6 is 24.0 Å². The zero-order valence-electron chi connectivity index (χ0n) is 11.4. The van der Waals surface area contributed by atoms with Crippen molar-refractivity contribution in [1.29, 1.82) is 0 Å². The molecule has 2 aromatic rings. The van der Waals surface area contributed by atoms with Gasteiger partial charge in [0.2, 0.25) is 10.0 Å². The minimum atomic E-state index is -3.56. The van der Waals surface area contributed by atoms with Crippen LogP contribution in [0.1, 0.15) is 12.8 Å². The molecule has 1 heterocycles. The van der Waals surface area contributed by atoms with Crippen LogP contribution in [0, 0.1) is 0 Å². The average Bonchev–Trinajstić information content (AvgIpc) is 3.07. The van der Waals surface area contributed by atoms with E-state index in [1.54, 1.807) is 12.1 Å². The van der Waals surface area contributed by atoms with E-state index >= 15 is 0 Å². The van der Waals surface area contributed by atoms with Crippen molar-refractivity contribution >= 4 is 44.9 Å². The minimum Gasteiger partial charge on any atom is -0.316 e. The van der Waals surface area contributed by atoms with Gasteiger partial charge >= 0.3 is 0 Å². The molecule has 0 atom stereocenters. The molecule has 0 unspecified atom stereocenters. The van der Waals surface area contributed by atoms with E-state index in [0.29, 0.717) is 5.69 Å². The largest absolute Gasteiger partial charge is 0.316 e. The summed E-state index contributed by atoms with van der Waals surface area (Å²) in [5.41, 5.74) is 2.10. The molecule has 2 N–H and O–H groups in total. The normalized spacial score (nSPS) is 14.8. The maximum atomic E-state index is 12.3. The molecule has 0 aliphatic heterocycles. The molecule has 1 aliphatic carbocycles. The maximum absolute atomic E-state index is 12.3. The number of thiophene rings is 1. The van der Waals surface area contributed by atoms with Crippen LogP contribution in [-0.4, -0.2) is 19.7 Å². The molecule has 1 aromatic heterocycles. The van der Waals surface area contributed by atoms with E-state index < -0.39 is 15.3 Å². The van der Waals surface area contributed by atoms with Crippen LogP contribution in [-0.2, 0) is 10.0 Å². The van der Waals surface area contributed by atoms with Gasteiger partial charge in [-0.15, -0.1) is 0 Å². The smallest absolute Gasteiger partial charge is 0.280 e. The molecule has 116 valence electrons. The van der Waals surface area contributed by atoms with Crippen molar-refractivity contribution in [3.63, 3.8) is 0 Å². The van der Waals surface area contributed by atoms with Crippen LogP contribution in [0.3, 0.4) is 0 Å². The first-order chi connectivity index (χ1) is 10.5. The lowest BCUT2D eigenvalue weighted by molar-refractivity contribution is 0.270. The van der Waals surface area contributed by atoms with E-state index in [4.69, 9.17) is 0 Å². The van der Waals surface area contributed by atoms with Gasteiger partial charge in [0, 0.05) is 11.6 Å². The minimum absolute atomic E-state index is 0.0319. The molecule has 5 nitrogen and oxygen atoms in total. The van der Waals surface area contributed by atoms with Gasteiger partial charge in [0.15, 0.2) is 0 Å². The fourth-order valence-corrected chi connectivity index (χ4v) is 4.17. The van der Waals surface area contributed by atoms with Crippen molar-refractivity contribution in [2.75, 3.05) is 5.32 Å². The number of thiol groups is 1. The SMILES string of the molecule is O=C(S)Nc1cc(S(=O)(=O)NC2CC2)ccc1-c1ccsc1. The third kappa shape index (κ3) is 3.52. The molecule has 1 fully saturated rings. The summed E-state index contributed by atoms with van der Waals surface area (Å²) in [7, 11) is -3.56. The van der Waals surface area contributed by atoms with Gasteiger partial charge in [-0.2, -0.15) is 11.3 Å². The Kier molecular flexibility index (Phi) is 4.26. The molecular weight excluding hydrogens is 340 g/mol. The first-order valence-electron chi connectivity index (χ1n) is 6.64. The molecule has 1 amide bonds. The summed E-state index contributed by atoms with van der Waals surface area (Å²) in [4.78, 5) is 11.4. The third-order valence-corrected chi connectivity index (χ3v) is 5.59. The van der Waals surface area contributed by atoms with Crippen molar-refractivity contribution in [2.45, 2.75) is 23.8 Å². The number of sulfonamides is 1. The lowest BCUT2D eigenvalue weighted by Gasteiger charge is -2.12. The summed E-state index contributed by atoms with van der Waals surface area (Å²) in [6, 6.07) is 6.65. The van der Waals surface area contributed by atoms with Crippen LogP contribution in [0.15, 0.2) is 39.9 Å². The lowest BCUT2D eigenvalue weighted by atomic mass is 10.1. The molecule has 1 saturated carbocycles. The van der Waals surface area contributed by atoms with Crippen LogP contribution in [0.5, 0.6) is 0 Å². The Morgan fingerprint density at radius 3 is 2.64 bits per heavy atom. The highest BCUT2D eigenvalue weighted by atomic mass is 32.2. The Bertz CT molecular complexity index is 797. The summed E-state index contributed by atoms with van der Waals surface area (Å²) in [6.07, 6.45) is 1.74. The van der Waals surface area contributed by atoms with Gasteiger partial charge in [0.1, 0.15) is 0 Å². The van der Waals surface area contributed by atoms with E-state index in [-0.39, 0.29) is 10.9 Å². The van der Waals surface area contributed by atoms with Gasteiger partial charge < -0.3 is 5.32 Å². The Morgan fingerprint density at radius 1 is 1.27 bits per heavy atom. The zero-order valence-corrected chi connectivity index (χ0v) is 14.0. The van der Waals surface area contributed by atoms with Gasteiger partial charge in [-0.05, 0) is 47.4 Å². The fourth-order valence-electron chi connectivity index (χ4n) is 2.07. The van der Waals surface area contributed by atoms with Gasteiger partial charge in [-0.1, -0.05) is 18.7 Å². The van der Waals surface area contributed by atoms with E-state index in [9.17, 15) is 13.2 Å². The highest BCUT2D eigenvalue weighted by Crippen LogP contribution is 2.32. The number of benzene rings is 1. The molecule has 0 spiro atoms. The van der Waals surface area contributed by atoms with E-state index in [1.807, 2.05) is 16.8 Å². The number of rotatable bonds is 5. The summed E-state index contributed by atoms with van der Waals surface area (Å²) in [5, 5.41) is 5.89. The second kappa shape index (κ2) is 6.04. The molecule has 1 aliphatic rings. The summed E-state index contributed by atoms with van der Waals surface area (Å²) >= 11 is 5.24. The molecule has 1 aromatic carbocycles. The standard InChI is InChI=1S/C14H14N2O3S3/c17-14(20)15-13-7-11(22(18,19)16-10-1-2-10)3-4-12(13)9-5-6-21-8-9/h3-8,10,16H,1-2H2,(H2,15,17,20). The second-order valence-corrected chi connectivity index (χ2v) is 7.95. The molecule has 0 bridgehead atoms. The van der Waals surface area contributed by atoms with Gasteiger partial charge in [0.25, 0.3) is 5.24 Å². The van der Waals surface area contributed by atoms with Crippen molar-refractivity contribution in [3.05, 3.63) is 35.0 Å². The fraction of sp³-hybridized carbons (Fsp3) is 0.214. The Labute approximate surface area is 138 Å². The summed E-state index contributed by atoms with van der Waals surface area (Å²) < 4.78 is 27.2. The quantitative estimate of drug-likeness (QED) is 0.721. The van der Waals surface area contributed by atoms with E-state index in [0.717, 1.165) is 24.0 Å². The molecule has 0 saturated heterocycles. The highest BCUT2D eigenvalue weighted by molar-refractivity contribution is 7.96. The Balaban J connectivity index is 2.01. The number of hydrogen-bond donors (Lipinski definition) is 3. The number of hydrogen-bond acceptors (Lipinski definition) is 4. The van der Waals surface area contributed by atoms with Gasteiger partial charge in [0.05, 0.1) is 10.6 Å². The zero-order chi connectivity index (χ0) is 15.7. The van der Waals surface area contributed by atoms with Crippen LogP contribution < -0.4 is 10.0 Å². The number of anilines is 1. The summed E-state index contributed by atoms with van der Waals surface area (Å²) in [5.74, 6) is 0. The first kappa shape index (κ1) is 15.5. The number of amides is 1. The molecule has 0 radical (unpaired) electrons. The second-order valence-electron chi connectivity index (χ2n) is 5.05. The predicted molar refractivity (Wildman–Crippen MR) is 91.1 cm³/mol. The number of carbonyl (C=O) groups is 1. The topological polar surface area (TPSA) is 75.3 Å². The molecule has 3 rings (SSSR count). The van der Waals surface area contributed by atoms with Crippen molar-refractivity contribution in [3.8, 4) is 11.1 Å². The van der Waals surface area contributed by atoms with Crippen molar-refractivity contribution < 1.29 is 13.2 Å². The Hall–Kier alpha value is -1.35. The van der Waals surface area contributed by atoms with Gasteiger partial charge in [-0.25, -0.2) is 13.1 Å². The highest BCUT2D eigenvalue weighted by Gasteiger charge is 2.28. The third-order valence-electron chi connectivity index (χ3n) is 3.27. The number of carbonyl (C=O) groups excluding carboxylic acids is 1. The first-order valence-corrected chi connectivity index (χ1v) is 9.52. The molecule has 22 heavy (non-hydrogen) atoms.